The van der Waals surface area contributed by atoms with E-state index in [0.29, 0.717) is 19.0 Å². The van der Waals surface area contributed by atoms with Crippen LogP contribution < -0.4 is 10.6 Å². The standard InChI is InChI=1S/C19H28N4O2/c1-6-20-18(22-11-17-13(2)8-7-9-21-17)23-12-19(5,24)16-10-14(3)25-15(16)4/h7-10,24H,6,11-12H2,1-5H3,(H2,20,22,23). The van der Waals surface area contributed by atoms with Gasteiger partial charge in [-0.05, 0) is 52.3 Å². The van der Waals surface area contributed by atoms with E-state index in [9.17, 15) is 5.11 Å². The maximum Gasteiger partial charge on any atom is 0.191 e. The molecule has 25 heavy (non-hydrogen) atoms. The second-order valence-electron chi connectivity index (χ2n) is 6.42. The molecule has 6 nitrogen and oxygen atoms in total. The number of nitrogens with one attached hydrogen (secondary N) is 2. The summed E-state index contributed by atoms with van der Waals surface area (Å²) in [7, 11) is 0. The third kappa shape index (κ3) is 5.06. The highest BCUT2D eigenvalue weighted by Gasteiger charge is 2.27. The Balaban J connectivity index is 2.07. The van der Waals surface area contributed by atoms with Crippen LogP contribution in [0.4, 0.5) is 0 Å². The Morgan fingerprint density at radius 1 is 1.32 bits per heavy atom. The second-order valence-corrected chi connectivity index (χ2v) is 6.42. The summed E-state index contributed by atoms with van der Waals surface area (Å²) >= 11 is 0. The van der Waals surface area contributed by atoms with E-state index in [4.69, 9.17) is 4.42 Å². The molecule has 0 saturated heterocycles. The molecule has 2 aromatic heterocycles. The molecule has 3 N–H and O–H groups in total. The zero-order chi connectivity index (χ0) is 18.4. The van der Waals surface area contributed by atoms with Gasteiger partial charge in [0.15, 0.2) is 5.96 Å². The van der Waals surface area contributed by atoms with Crippen molar-refractivity contribution in [1.82, 2.24) is 15.6 Å². The number of hydrogen-bond acceptors (Lipinski definition) is 4. The number of nitrogens with zero attached hydrogens (tertiary/aromatic N) is 2. The van der Waals surface area contributed by atoms with Gasteiger partial charge < -0.3 is 20.2 Å². The van der Waals surface area contributed by atoms with Gasteiger partial charge in [-0.25, -0.2) is 4.99 Å². The minimum Gasteiger partial charge on any atom is -0.466 e. The highest BCUT2D eigenvalue weighted by atomic mass is 16.3. The molecule has 0 radical (unpaired) electrons. The van der Waals surface area contributed by atoms with E-state index in [2.05, 4.69) is 20.6 Å². The quantitative estimate of drug-likeness (QED) is 0.554. The molecular formula is C19H28N4O2. The van der Waals surface area contributed by atoms with Crippen molar-refractivity contribution >= 4 is 5.96 Å². The van der Waals surface area contributed by atoms with Crippen molar-refractivity contribution in [3.63, 3.8) is 0 Å². The Labute approximate surface area is 149 Å². The lowest BCUT2D eigenvalue weighted by atomic mass is 9.96. The van der Waals surface area contributed by atoms with E-state index in [0.717, 1.165) is 34.9 Å². The van der Waals surface area contributed by atoms with Gasteiger partial charge in [-0.1, -0.05) is 6.07 Å². The molecule has 0 aliphatic carbocycles. The SMILES string of the molecule is CCNC(=NCc1ncccc1C)NCC(C)(O)c1cc(C)oc1C. The van der Waals surface area contributed by atoms with Gasteiger partial charge in [-0.3, -0.25) is 4.98 Å². The second kappa shape index (κ2) is 8.16. The van der Waals surface area contributed by atoms with Crippen molar-refractivity contribution in [1.29, 1.82) is 0 Å². The highest BCUT2D eigenvalue weighted by Crippen LogP contribution is 2.26. The molecule has 6 heteroatoms. The fourth-order valence-electron chi connectivity index (χ4n) is 2.70. The molecule has 0 saturated carbocycles. The smallest absolute Gasteiger partial charge is 0.191 e. The fraction of sp³-hybridized carbons (Fsp3) is 0.474. The molecule has 0 bridgehead atoms. The van der Waals surface area contributed by atoms with Gasteiger partial charge in [-0.15, -0.1) is 0 Å². The van der Waals surface area contributed by atoms with E-state index in [1.54, 1.807) is 13.1 Å². The first-order valence-corrected chi connectivity index (χ1v) is 8.56. The van der Waals surface area contributed by atoms with Crippen molar-refractivity contribution in [3.8, 4) is 0 Å². The zero-order valence-electron chi connectivity index (χ0n) is 15.7. The van der Waals surface area contributed by atoms with Crippen LogP contribution in [-0.4, -0.2) is 29.1 Å². The van der Waals surface area contributed by atoms with Gasteiger partial charge in [0.05, 0.1) is 18.8 Å². The van der Waals surface area contributed by atoms with Crippen LogP contribution >= 0.6 is 0 Å². The number of pyridine rings is 1. The summed E-state index contributed by atoms with van der Waals surface area (Å²) in [4.78, 5) is 8.92. The number of aryl methyl sites for hydroxylation is 3. The Bertz CT molecular complexity index is 735. The zero-order valence-corrected chi connectivity index (χ0v) is 15.7. The molecule has 0 aromatic carbocycles. The van der Waals surface area contributed by atoms with E-state index in [1.165, 1.54) is 0 Å². The first-order chi connectivity index (χ1) is 11.8. The van der Waals surface area contributed by atoms with Crippen LogP contribution in [0.1, 0.15) is 42.2 Å². The molecule has 0 aliphatic heterocycles. The molecule has 1 unspecified atom stereocenters. The van der Waals surface area contributed by atoms with E-state index >= 15 is 0 Å². The highest BCUT2D eigenvalue weighted by molar-refractivity contribution is 5.79. The molecule has 136 valence electrons. The lowest BCUT2D eigenvalue weighted by Crippen LogP contribution is -2.44. The third-order valence-corrected chi connectivity index (χ3v) is 4.07. The summed E-state index contributed by atoms with van der Waals surface area (Å²) in [6.07, 6.45) is 1.77. The fourth-order valence-corrected chi connectivity index (χ4v) is 2.70. The van der Waals surface area contributed by atoms with Gasteiger partial charge in [0.2, 0.25) is 0 Å². The Hall–Kier alpha value is -2.34. The number of aromatic nitrogens is 1. The van der Waals surface area contributed by atoms with Crippen LogP contribution in [0.3, 0.4) is 0 Å². The van der Waals surface area contributed by atoms with Crippen molar-refractivity contribution in [3.05, 3.63) is 52.7 Å². The van der Waals surface area contributed by atoms with Crippen LogP contribution in [0.5, 0.6) is 0 Å². The van der Waals surface area contributed by atoms with E-state index in [1.807, 2.05) is 45.9 Å². The number of guanidine groups is 1. The maximum atomic E-state index is 10.8. The molecule has 0 fully saturated rings. The third-order valence-electron chi connectivity index (χ3n) is 4.07. The molecule has 0 amide bonds. The first-order valence-electron chi connectivity index (χ1n) is 8.56. The van der Waals surface area contributed by atoms with Crippen LogP contribution in [0.2, 0.25) is 0 Å². The number of furan rings is 1. The Morgan fingerprint density at radius 3 is 2.68 bits per heavy atom. The van der Waals surface area contributed by atoms with Crippen LogP contribution in [0.15, 0.2) is 33.8 Å². The van der Waals surface area contributed by atoms with Gasteiger partial charge in [0.1, 0.15) is 17.1 Å². The first kappa shape index (κ1) is 19.0. The van der Waals surface area contributed by atoms with Crippen molar-refractivity contribution in [2.45, 2.75) is 46.8 Å². The molecule has 0 spiro atoms. The van der Waals surface area contributed by atoms with Crippen molar-refractivity contribution in [2.24, 2.45) is 4.99 Å². The Kier molecular flexibility index (Phi) is 6.20. The maximum absolute atomic E-state index is 10.8. The normalized spacial score (nSPS) is 14.2. The number of aliphatic imine (C=N–C) groups is 1. The number of aliphatic hydroxyl groups is 1. The minimum absolute atomic E-state index is 0.319. The minimum atomic E-state index is -1.06. The molecule has 2 aromatic rings. The summed E-state index contributed by atoms with van der Waals surface area (Å²) in [6, 6.07) is 5.81. The topological polar surface area (TPSA) is 82.7 Å². The van der Waals surface area contributed by atoms with Gasteiger partial charge in [0.25, 0.3) is 0 Å². The molecule has 1 atom stereocenters. The summed E-state index contributed by atoms with van der Waals surface area (Å²) in [5.41, 5.74) is 1.78. The predicted octanol–water partition coefficient (Wildman–Crippen LogP) is 2.56. The lowest BCUT2D eigenvalue weighted by Gasteiger charge is -2.24. The predicted molar refractivity (Wildman–Crippen MR) is 99.5 cm³/mol. The van der Waals surface area contributed by atoms with E-state index in [-0.39, 0.29) is 0 Å². The average molecular weight is 344 g/mol. The van der Waals surface area contributed by atoms with Crippen LogP contribution in [-0.2, 0) is 12.1 Å². The summed E-state index contributed by atoms with van der Waals surface area (Å²) in [5, 5.41) is 17.2. The average Bonchev–Trinajstić information content (AvgIpc) is 2.91. The monoisotopic (exact) mass is 344 g/mol. The summed E-state index contributed by atoms with van der Waals surface area (Å²) in [5.74, 6) is 2.17. The summed E-state index contributed by atoms with van der Waals surface area (Å²) < 4.78 is 5.53. The van der Waals surface area contributed by atoms with Crippen molar-refractivity contribution < 1.29 is 9.52 Å². The molecule has 2 rings (SSSR count). The van der Waals surface area contributed by atoms with Gasteiger partial charge in [0, 0.05) is 18.3 Å². The Morgan fingerprint density at radius 2 is 2.08 bits per heavy atom. The number of rotatable bonds is 6. The number of hydrogen-bond donors (Lipinski definition) is 3. The van der Waals surface area contributed by atoms with E-state index < -0.39 is 5.60 Å². The largest absolute Gasteiger partial charge is 0.466 e. The van der Waals surface area contributed by atoms with Crippen LogP contribution in [0, 0.1) is 20.8 Å². The molecule has 2 heterocycles. The molecule has 0 aliphatic rings. The molecular weight excluding hydrogens is 316 g/mol. The lowest BCUT2D eigenvalue weighted by molar-refractivity contribution is 0.0601. The van der Waals surface area contributed by atoms with Gasteiger partial charge >= 0.3 is 0 Å². The van der Waals surface area contributed by atoms with Crippen LogP contribution in [0.25, 0.3) is 0 Å². The van der Waals surface area contributed by atoms with Crippen molar-refractivity contribution in [2.75, 3.05) is 13.1 Å². The summed E-state index contributed by atoms with van der Waals surface area (Å²) in [6.45, 7) is 11.1. The van der Waals surface area contributed by atoms with Gasteiger partial charge in [-0.2, -0.15) is 0 Å².